The van der Waals surface area contributed by atoms with E-state index in [1.807, 2.05) is 12.1 Å². The number of anilines is 1. The molecule has 1 aliphatic heterocycles. The Morgan fingerprint density at radius 2 is 1.88 bits per heavy atom. The van der Waals surface area contributed by atoms with Crippen molar-refractivity contribution in [1.29, 1.82) is 0 Å². The average molecular weight is 429 g/mol. The van der Waals surface area contributed by atoms with Crippen molar-refractivity contribution in [2.75, 3.05) is 25.5 Å². The molecule has 32 heavy (non-hydrogen) atoms. The van der Waals surface area contributed by atoms with Crippen LogP contribution in [0.1, 0.15) is 41.0 Å². The molecule has 7 heteroatoms. The van der Waals surface area contributed by atoms with Gasteiger partial charge in [-0.15, -0.1) is 0 Å². The number of pyridine rings is 1. The molecule has 1 aliphatic rings. The van der Waals surface area contributed by atoms with Crippen LogP contribution in [0.2, 0.25) is 0 Å². The molecule has 0 saturated carbocycles. The Labute approximate surface area is 187 Å². The van der Waals surface area contributed by atoms with Crippen molar-refractivity contribution in [2.45, 2.75) is 18.8 Å². The third-order valence-corrected chi connectivity index (χ3v) is 5.90. The molecule has 0 atom stereocenters. The van der Waals surface area contributed by atoms with Gasteiger partial charge in [-0.05, 0) is 74.3 Å². The molecule has 1 aromatic carbocycles. The zero-order valence-electron chi connectivity index (χ0n) is 18.2. The predicted octanol–water partition coefficient (Wildman–Crippen LogP) is 3.51. The minimum absolute atomic E-state index is 0.240. The van der Waals surface area contributed by atoms with Gasteiger partial charge in [0.25, 0.3) is 5.56 Å². The molecule has 1 saturated heterocycles. The standard InChI is InChI=1S/C25H28N6O/c1-17(30-22-5-3-18(4-6-22)19-8-11-31(2)12-9-19)24-20(7-10-29-25(24)32)13-23(26)21-14-27-16-28-15-21/h3-7,10,13-16,19,30H,1,8-9,11-12,26H2,2H3,(H,29,32)/b23-13-. The molecule has 0 aliphatic carbocycles. The topological polar surface area (TPSA) is 99.9 Å². The van der Waals surface area contributed by atoms with Gasteiger partial charge in [-0.2, -0.15) is 0 Å². The smallest absolute Gasteiger partial charge is 0.257 e. The first-order valence-corrected chi connectivity index (χ1v) is 10.7. The van der Waals surface area contributed by atoms with Gasteiger partial charge < -0.3 is 20.9 Å². The summed E-state index contributed by atoms with van der Waals surface area (Å²) < 4.78 is 0. The van der Waals surface area contributed by atoms with Crippen molar-refractivity contribution >= 4 is 23.2 Å². The fourth-order valence-electron chi connectivity index (χ4n) is 4.04. The maximum absolute atomic E-state index is 12.6. The molecule has 0 amide bonds. The third-order valence-electron chi connectivity index (χ3n) is 5.90. The third kappa shape index (κ3) is 4.95. The van der Waals surface area contributed by atoms with E-state index in [1.165, 1.54) is 24.7 Å². The first kappa shape index (κ1) is 21.5. The zero-order valence-corrected chi connectivity index (χ0v) is 18.2. The molecule has 4 N–H and O–H groups in total. The van der Waals surface area contributed by atoms with Crippen LogP contribution in [0.3, 0.4) is 0 Å². The van der Waals surface area contributed by atoms with Crippen LogP contribution in [0.5, 0.6) is 0 Å². The van der Waals surface area contributed by atoms with Gasteiger partial charge in [0.05, 0.1) is 5.56 Å². The van der Waals surface area contributed by atoms with E-state index in [4.69, 9.17) is 5.73 Å². The molecular formula is C25H28N6O. The first-order chi connectivity index (χ1) is 15.5. The number of H-pyrrole nitrogens is 1. The normalized spacial score (nSPS) is 15.5. The van der Waals surface area contributed by atoms with Crippen LogP contribution in [-0.4, -0.2) is 40.0 Å². The van der Waals surface area contributed by atoms with Crippen LogP contribution >= 0.6 is 0 Å². The van der Waals surface area contributed by atoms with Crippen molar-refractivity contribution in [3.8, 4) is 0 Å². The molecule has 164 valence electrons. The van der Waals surface area contributed by atoms with Crippen molar-refractivity contribution in [3.63, 3.8) is 0 Å². The fourth-order valence-corrected chi connectivity index (χ4v) is 4.04. The van der Waals surface area contributed by atoms with Gasteiger partial charge in [-0.1, -0.05) is 18.7 Å². The molecule has 1 fully saturated rings. The van der Waals surface area contributed by atoms with Gasteiger partial charge in [0.2, 0.25) is 0 Å². The highest BCUT2D eigenvalue weighted by Crippen LogP contribution is 2.29. The van der Waals surface area contributed by atoms with Gasteiger partial charge in [0.1, 0.15) is 6.33 Å². The van der Waals surface area contributed by atoms with Crippen molar-refractivity contribution < 1.29 is 0 Å². The number of rotatable bonds is 6. The molecule has 2 aromatic heterocycles. The summed E-state index contributed by atoms with van der Waals surface area (Å²) in [5.74, 6) is 0.599. The average Bonchev–Trinajstić information content (AvgIpc) is 2.81. The van der Waals surface area contributed by atoms with Gasteiger partial charge in [-0.3, -0.25) is 4.79 Å². The van der Waals surface area contributed by atoms with E-state index in [2.05, 4.69) is 50.9 Å². The number of piperidine rings is 1. The van der Waals surface area contributed by atoms with Gasteiger partial charge in [-0.25, -0.2) is 9.97 Å². The lowest BCUT2D eigenvalue weighted by atomic mass is 9.89. The number of nitrogens with two attached hydrogens (primary N) is 1. The molecule has 7 nitrogen and oxygen atoms in total. The number of hydrogen-bond donors (Lipinski definition) is 3. The zero-order chi connectivity index (χ0) is 22.5. The van der Waals surface area contributed by atoms with Crippen molar-refractivity contribution in [1.82, 2.24) is 19.9 Å². The number of nitrogens with one attached hydrogen (secondary N) is 2. The molecule has 0 radical (unpaired) electrons. The van der Waals surface area contributed by atoms with E-state index >= 15 is 0 Å². The van der Waals surface area contributed by atoms with Gasteiger partial charge >= 0.3 is 0 Å². The summed E-state index contributed by atoms with van der Waals surface area (Å²) in [4.78, 5) is 25.7. The maximum atomic E-state index is 12.6. The summed E-state index contributed by atoms with van der Waals surface area (Å²) in [6, 6.07) is 10.2. The number of likely N-dealkylation sites (tertiary alicyclic amines) is 1. The Morgan fingerprint density at radius 3 is 2.56 bits per heavy atom. The van der Waals surface area contributed by atoms with E-state index in [9.17, 15) is 4.79 Å². The summed E-state index contributed by atoms with van der Waals surface area (Å²) in [5, 5.41) is 3.27. The number of aromatic amines is 1. The van der Waals surface area contributed by atoms with Crippen molar-refractivity contribution in [3.05, 3.63) is 94.4 Å². The second kappa shape index (κ2) is 9.62. The van der Waals surface area contributed by atoms with Crippen molar-refractivity contribution in [2.24, 2.45) is 5.73 Å². The predicted molar refractivity (Wildman–Crippen MR) is 130 cm³/mol. The molecule has 0 bridgehead atoms. The lowest BCUT2D eigenvalue weighted by Gasteiger charge is -2.29. The Hall–Kier alpha value is -3.71. The molecule has 3 heterocycles. The molecular weight excluding hydrogens is 400 g/mol. The number of nitrogens with zero attached hydrogens (tertiary/aromatic N) is 3. The fraction of sp³-hybridized carbons (Fsp3) is 0.240. The lowest BCUT2D eigenvalue weighted by Crippen LogP contribution is -2.29. The number of aromatic nitrogens is 3. The SMILES string of the molecule is C=C(Nc1ccc(C2CCN(C)CC2)cc1)c1c(/C=C(\N)c2cncnc2)cc[nH]c1=O. The summed E-state index contributed by atoms with van der Waals surface area (Å²) in [6.07, 6.45) is 10.4. The first-order valence-electron chi connectivity index (χ1n) is 10.7. The Bertz CT molecular complexity index is 1160. The Balaban J connectivity index is 1.53. The quantitative estimate of drug-likeness (QED) is 0.556. The summed E-state index contributed by atoms with van der Waals surface area (Å²) >= 11 is 0. The van der Waals surface area contributed by atoms with E-state index in [0.717, 1.165) is 18.8 Å². The van der Waals surface area contributed by atoms with E-state index in [-0.39, 0.29) is 5.56 Å². The summed E-state index contributed by atoms with van der Waals surface area (Å²) in [6.45, 7) is 6.37. The van der Waals surface area contributed by atoms with Gasteiger partial charge in [0.15, 0.2) is 0 Å². The van der Waals surface area contributed by atoms with Crippen LogP contribution in [0.25, 0.3) is 17.5 Å². The Kier molecular flexibility index (Phi) is 6.47. The number of hydrogen-bond acceptors (Lipinski definition) is 6. The highest BCUT2D eigenvalue weighted by atomic mass is 16.1. The highest BCUT2D eigenvalue weighted by Gasteiger charge is 2.18. The minimum atomic E-state index is -0.240. The number of benzene rings is 1. The van der Waals surface area contributed by atoms with Crippen LogP contribution < -0.4 is 16.6 Å². The highest BCUT2D eigenvalue weighted by molar-refractivity contribution is 5.86. The van der Waals surface area contributed by atoms with Crippen LogP contribution in [0.15, 0.2) is 66.6 Å². The molecule has 0 unspecified atom stereocenters. The molecule has 0 spiro atoms. The molecule has 4 rings (SSSR count). The summed E-state index contributed by atoms with van der Waals surface area (Å²) in [7, 11) is 2.17. The largest absolute Gasteiger partial charge is 0.398 e. The van der Waals surface area contributed by atoms with E-state index in [0.29, 0.717) is 34.0 Å². The van der Waals surface area contributed by atoms with E-state index < -0.39 is 0 Å². The van der Waals surface area contributed by atoms with Crippen LogP contribution in [0.4, 0.5) is 5.69 Å². The Morgan fingerprint density at radius 1 is 1.19 bits per heavy atom. The monoisotopic (exact) mass is 428 g/mol. The second-order valence-electron chi connectivity index (χ2n) is 8.17. The summed E-state index contributed by atoms with van der Waals surface area (Å²) in [5.41, 5.74) is 11.0. The second-order valence-corrected chi connectivity index (χ2v) is 8.17. The maximum Gasteiger partial charge on any atom is 0.257 e. The lowest BCUT2D eigenvalue weighted by molar-refractivity contribution is 0.255. The van der Waals surface area contributed by atoms with Gasteiger partial charge in [0, 0.05) is 41.2 Å². The van der Waals surface area contributed by atoms with Crippen LogP contribution in [-0.2, 0) is 0 Å². The van der Waals surface area contributed by atoms with E-state index in [1.54, 1.807) is 30.7 Å². The van der Waals surface area contributed by atoms with Crippen LogP contribution in [0, 0.1) is 0 Å². The molecule has 3 aromatic rings. The minimum Gasteiger partial charge on any atom is -0.398 e.